The highest BCUT2D eigenvalue weighted by atomic mass is 32.1. The minimum atomic E-state index is -0.142. The Morgan fingerprint density at radius 3 is 2.96 bits per heavy atom. The molecule has 0 aliphatic heterocycles. The van der Waals surface area contributed by atoms with Crippen LogP contribution in [0, 0.1) is 0 Å². The van der Waals surface area contributed by atoms with E-state index in [0.717, 1.165) is 12.1 Å². The number of carbonyl (C=O) groups is 1. The highest BCUT2D eigenvalue weighted by molar-refractivity contribution is 7.07. The summed E-state index contributed by atoms with van der Waals surface area (Å²) < 4.78 is 1.69. The predicted molar refractivity (Wildman–Crippen MR) is 92.5 cm³/mol. The second-order valence-electron chi connectivity index (χ2n) is 5.64. The topological polar surface area (TPSA) is 72.7 Å². The molecule has 0 unspecified atom stereocenters. The number of hydrogen-bond donors (Lipinski definition) is 1. The molecule has 0 aromatic carbocycles. The largest absolute Gasteiger partial charge is 0.347 e. The zero-order valence-corrected chi connectivity index (χ0v) is 14.2. The normalized spacial score (nSPS) is 13.4. The molecule has 0 aliphatic carbocycles. The maximum atomic E-state index is 12.5. The number of hydrogen-bond acceptors (Lipinski definition) is 5. The van der Waals surface area contributed by atoms with Crippen molar-refractivity contribution < 1.29 is 4.79 Å². The van der Waals surface area contributed by atoms with Gasteiger partial charge in [-0.2, -0.15) is 16.4 Å². The van der Waals surface area contributed by atoms with Crippen molar-refractivity contribution in [3.63, 3.8) is 0 Å². The molecule has 0 spiro atoms. The summed E-state index contributed by atoms with van der Waals surface area (Å²) in [7, 11) is 0. The van der Waals surface area contributed by atoms with Crippen LogP contribution in [0.5, 0.6) is 0 Å². The van der Waals surface area contributed by atoms with Crippen LogP contribution in [-0.2, 0) is 11.2 Å². The van der Waals surface area contributed by atoms with E-state index in [4.69, 9.17) is 0 Å². The van der Waals surface area contributed by atoms with Crippen molar-refractivity contribution in [3.8, 4) is 0 Å². The van der Waals surface area contributed by atoms with Crippen molar-refractivity contribution in [2.75, 3.05) is 0 Å². The Balaban J connectivity index is 1.68. The number of thiophene rings is 1. The van der Waals surface area contributed by atoms with Gasteiger partial charge >= 0.3 is 0 Å². The minimum absolute atomic E-state index is 0.0242. The lowest BCUT2D eigenvalue weighted by Crippen LogP contribution is -2.32. The third-order valence-electron chi connectivity index (χ3n) is 3.77. The summed E-state index contributed by atoms with van der Waals surface area (Å²) in [4.78, 5) is 20.8. The summed E-state index contributed by atoms with van der Waals surface area (Å²) in [5, 5.41) is 11.3. The fourth-order valence-electron chi connectivity index (χ4n) is 2.52. The first-order valence-electron chi connectivity index (χ1n) is 7.78. The van der Waals surface area contributed by atoms with Gasteiger partial charge in [-0.3, -0.25) is 9.78 Å². The Kier molecular flexibility index (Phi) is 5.32. The van der Waals surface area contributed by atoms with Crippen LogP contribution in [-0.4, -0.2) is 25.7 Å². The van der Waals surface area contributed by atoms with E-state index in [1.807, 2.05) is 30.5 Å². The second-order valence-corrected chi connectivity index (χ2v) is 6.42. The molecule has 124 valence electrons. The van der Waals surface area contributed by atoms with Gasteiger partial charge in [-0.15, -0.1) is 0 Å². The Morgan fingerprint density at radius 2 is 2.29 bits per heavy atom. The van der Waals surface area contributed by atoms with Crippen LogP contribution >= 0.6 is 11.3 Å². The van der Waals surface area contributed by atoms with E-state index < -0.39 is 0 Å². The summed E-state index contributed by atoms with van der Waals surface area (Å²) in [5.41, 5.74) is 2.06. The van der Waals surface area contributed by atoms with E-state index in [-0.39, 0.29) is 18.0 Å². The number of aromatic nitrogens is 4. The van der Waals surface area contributed by atoms with Crippen LogP contribution in [0.1, 0.15) is 36.7 Å². The molecule has 0 fully saturated rings. The summed E-state index contributed by atoms with van der Waals surface area (Å²) in [6.07, 6.45) is 5.92. The third-order valence-corrected chi connectivity index (χ3v) is 4.50. The van der Waals surface area contributed by atoms with Crippen molar-refractivity contribution in [3.05, 3.63) is 65.1 Å². The zero-order valence-electron chi connectivity index (χ0n) is 13.4. The predicted octanol–water partition coefficient (Wildman–Crippen LogP) is 2.79. The van der Waals surface area contributed by atoms with Gasteiger partial charge in [-0.1, -0.05) is 6.07 Å². The summed E-state index contributed by atoms with van der Waals surface area (Å²) in [6, 6.07) is 7.64. The lowest BCUT2D eigenvalue weighted by atomic mass is 10.0. The molecule has 1 amide bonds. The van der Waals surface area contributed by atoms with E-state index in [1.165, 1.54) is 11.9 Å². The second kappa shape index (κ2) is 7.83. The van der Waals surface area contributed by atoms with Gasteiger partial charge in [-0.05, 0) is 47.9 Å². The Labute approximate surface area is 144 Å². The van der Waals surface area contributed by atoms with E-state index >= 15 is 0 Å². The lowest BCUT2D eigenvalue weighted by Gasteiger charge is -2.19. The Morgan fingerprint density at radius 1 is 1.38 bits per heavy atom. The first kappa shape index (κ1) is 16.3. The zero-order chi connectivity index (χ0) is 16.8. The van der Waals surface area contributed by atoms with Gasteiger partial charge in [0.05, 0.1) is 17.8 Å². The van der Waals surface area contributed by atoms with Gasteiger partial charge in [0, 0.05) is 12.6 Å². The average Bonchev–Trinajstić information content (AvgIpc) is 3.29. The molecule has 24 heavy (non-hydrogen) atoms. The molecular weight excluding hydrogens is 322 g/mol. The van der Waals surface area contributed by atoms with E-state index in [1.54, 1.807) is 28.5 Å². The number of carbonyl (C=O) groups excluding carboxylic acids is 1. The Hall–Kier alpha value is -2.54. The minimum Gasteiger partial charge on any atom is -0.347 e. The first-order valence-corrected chi connectivity index (χ1v) is 8.72. The van der Waals surface area contributed by atoms with Gasteiger partial charge in [0.25, 0.3) is 0 Å². The number of rotatable bonds is 7. The molecule has 3 aromatic rings. The van der Waals surface area contributed by atoms with Crippen molar-refractivity contribution in [1.82, 2.24) is 25.1 Å². The van der Waals surface area contributed by atoms with Gasteiger partial charge in [0.2, 0.25) is 5.91 Å². The molecule has 0 saturated heterocycles. The molecule has 0 aliphatic rings. The monoisotopic (exact) mass is 341 g/mol. The van der Waals surface area contributed by atoms with Crippen molar-refractivity contribution in [2.24, 2.45) is 0 Å². The van der Waals surface area contributed by atoms with Crippen LogP contribution in [0.3, 0.4) is 0 Å². The quantitative estimate of drug-likeness (QED) is 0.717. The Bertz CT molecular complexity index is 743. The van der Waals surface area contributed by atoms with E-state index in [0.29, 0.717) is 6.42 Å². The van der Waals surface area contributed by atoms with Gasteiger partial charge in [0.15, 0.2) is 0 Å². The van der Waals surface area contributed by atoms with Crippen LogP contribution in [0.4, 0.5) is 0 Å². The third kappa shape index (κ3) is 4.26. The average molecular weight is 341 g/mol. The fourth-order valence-corrected chi connectivity index (χ4v) is 3.20. The molecule has 0 saturated carbocycles. The van der Waals surface area contributed by atoms with Crippen LogP contribution in [0.25, 0.3) is 0 Å². The van der Waals surface area contributed by atoms with Crippen molar-refractivity contribution >= 4 is 17.2 Å². The molecule has 6 nitrogen and oxygen atoms in total. The van der Waals surface area contributed by atoms with Crippen LogP contribution in [0.15, 0.2) is 53.9 Å². The van der Waals surface area contributed by atoms with Crippen LogP contribution in [0.2, 0.25) is 0 Å². The van der Waals surface area contributed by atoms with Gasteiger partial charge < -0.3 is 5.32 Å². The maximum absolute atomic E-state index is 12.5. The molecule has 0 radical (unpaired) electrons. The smallest absolute Gasteiger partial charge is 0.222 e. The molecule has 1 N–H and O–H groups in total. The van der Waals surface area contributed by atoms with Crippen molar-refractivity contribution in [1.29, 1.82) is 0 Å². The number of pyridine rings is 1. The number of nitrogens with one attached hydrogen (secondary N) is 1. The molecule has 0 bridgehead atoms. The summed E-state index contributed by atoms with van der Waals surface area (Å²) >= 11 is 1.65. The number of amides is 1. The molecule has 3 heterocycles. The van der Waals surface area contributed by atoms with Gasteiger partial charge in [-0.25, -0.2) is 9.67 Å². The van der Waals surface area contributed by atoms with E-state index in [9.17, 15) is 4.79 Å². The van der Waals surface area contributed by atoms with Crippen LogP contribution < -0.4 is 5.32 Å². The van der Waals surface area contributed by atoms with Crippen molar-refractivity contribution in [2.45, 2.75) is 31.8 Å². The summed E-state index contributed by atoms with van der Waals surface area (Å²) in [6.45, 7) is 1.95. The lowest BCUT2D eigenvalue weighted by molar-refractivity contribution is -0.122. The molecular formula is C17H19N5OS. The van der Waals surface area contributed by atoms with Gasteiger partial charge in [0.1, 0.15) is 12.7 Å². The summed E-state index contributed by atoms with van der Waals surface area (Å²) in [5.74, 6) is -0.0242. The standard InChI is InChI=1S/C17H19N5OS/c1-13(22-12-18-11-20-22)8-17(23)21-16(9-14-5-7-24-10-14)15-4-2-3-6-19-15/h2-7,10-13,16H,8-9H2,1H3,(H,21,23)/t13-,16-/m1/s1. The molecule has 3 rings (SSSR count). The maximum Gasteiger partial charge on any atom is 0.222 e. The molecule has 3 aromatic heterocycles. The first-order chi connectivity index (χ1) is 11.7. The molecule has 2 atom stereocenters. The molecule has 7 heteroatoms. The highest BCUT2D eigenvalue weighted by Gasteiger charge is 2.19. The van der Waals surface area contributed by atoms with E-state index in [2.05, 4.69) is 31.8 Å². The fraction of sp³-hybridized carbons (Fsp3) is 0.294. The SMILES string of the molecule is C[C@H](CC(=O)N[C@H](Cc1ccsc1)c1ccccn1)n1cncn1. The highest BCUT2D eigenvalue weighted by Crippen LogP contribution is 2.19. The number of nitrogens with zero attached hydrogens (tertiary/aromatic N) is 4.